The maximum atomic E-state index is 13.1. The molecule has 0 aromatic heterocycles. The molecule has 0 aliphatic heterocycles. The van der Waals surface area contributed by atoms with Gasteiger partial charge in [-0.3, -0.25) is 4.21 Å². The second kappa shape index (κ2) is 8.87. The molecule has 0 bridgehead atoms. The van der Waals surface area contributed by atoms with Gasteiger partial charge in [0.1, 0.15) is 0 Å². The summed E-state index contributed by atoms with van der Waals surface area (Å²) in [5, 5.41) is 0. The molecule has 1 aliphatic carbocycles. The van der Waals surface area contributed by atoms with Crippen molar-refractivity contribution in [2.24, 2.45) is 5.41 Å². The SMILES string of the molecule is CC(C)[Si](O[C@@H](CS(=O)C(C)(C)C)C1(C)C=CCC=C1)(C(C)C)C(C)C. The van der Waals surface area contributed by atoms with Crippen LogP contribution in [0, 0.1) is 5.41 Å². The van der Waals surface area contributed by atoms with Gasteiger partial charge < -0.3 is 4.43 Å². The van der Waals surface area contributed by atoms with Crippen LogP contribution in [0.1, 0.15) is 75.7 Å². The van der Waals surface area contributed by atoms with Gasteiger partial charge >= 0.3 is 0 Å². The number of hydrogen-bond acceptors (Lipinski definition) is 2. The van der Waals surface area contributed by atoms with Crippen LogP contribution < -0.4 is 0 Å². The Hall–Kier alpha value is -0.193. The minimum absolute atomic E-state index is 0.0470. The predicted molar refractivity (Wildman–Crippen MR) is 120 cm³/mol. The molecule has 2 nitrogen and oxygen atoms in total. The Labute approximate surface area is 166 Å². The smallest absolute Gasteiger partial charge is 0.200 e. The Morgan fingerprint density at radius 2 is 1.42 bits per heavy atom. The topological polar surface area (TPSA) is 26.3 Å². The van der Waals surface area contributed by atoms with Gasteiger partial charge in [0.25, 0.3) is 0 Å². The van der Waals surface area contributed by atoms with Crippen molar-refractivity contribution in [2.45, 2.75) is 103 Å². The lowest BCUT2D eigenvalue weighted by molar-refractivity contribution is 0.122. The summed E-state index contributed by atoms with van der Waals surface area (Å²) >= 11 is 0. The zero-order valence-electron chi connectivity index (χ0n) is 18.8. The molecule has 0 amide bonds. The standard InChI is InChI=1S/C22H42O2SSi/c1-17(2)26(18(3)4,19(5)6)24-20(16-25(23)21(7,8)9)22(10)14-12-11-13-15-22/h12-15,17-20H,11,16H2,1-10H3/t20-,25?/m0/s1. The highest BCUT2D eigenvalue weighted by molar-refractivity contribution is 7.86. The minimum Gasteiger partial charge on any atom is -0.411 e. The largest absolute Gasteiger partial charge is 0.411 e. The Morgan fingerprint density at radius 3 is 1.77 bits per heavy atom. The van der Waals surface area contributed by atoms with E-state index in [0.29, 0.717) is 22.4 Å². The fraction of sp³-hybridized carbons (Fsp3) is 0.818. The molecule has 0 aromatic rings. The van der Waals surface area contributed by atoms with Crippen molar-refractivity contribution >= 4 is 19.1 Å². The summed E-state index contributed by atoms with van der Waals surface area (Å²) < 4.78 is 20.0. The van der Waals surface area contributed by atoms with Crippen LogP contribution in [0.25, 0.3) is 0 Å². The number of hydrogen-bond donors (Lipinski definition) is 0. The number of allylic oxidation sites excluding steroid dienone is 2. The van der Waals surface area contributed by atoms with Gasteiger partial charge in [-0.1, -0.05) is 72.8 Å². The summed E-state index contributed by atoms with van der Waals surface area (Å²) in [5.74, 6) is 0.593. The molecule has 1 aliphatic rings. The van der Waals surface area contributed by atoms with Crippen molar-refractivity contribution in [2.75, 3.05) is 5.75 Å². The summed E-state index contributed by atoms with van der Waals surface area (Å²) in [7, 11) is -2.99. The van der Waals surface area contributed by atoms with Gasteiger partial charge in [-0.05, 0) is 43.8 Å². The van der Waals surface area contributed by atoms with E-state index in [1.165, 1.54) is 0 Å². The van der Waals surface area contributed by atoms with Gasteiger partial charge in [-0.2, -0.15) is 0 Å². The first-order valence-corrected chi connectivity index (χ1v) is 13.6. The van der Waals surface area contributed by atoms with Crippen LogP contribution in [-0.4, -0.2) is 29.1 Å². The average molecular weight is 399 g/mol. The van der Waals surface area contributed by atoms with Crippen LogP contribution in [0.15, 0.2) is 24.3 Å². The predicted octanol–water partition coefficient (Wildman–Crippen LogP) is 6.62. The minimum atomic E-state index is -2.05. The second-order valence-corrected chi connectivity index (χ2v) is 17.6. The zero-order chi connectivity index (χ0) is 20.3. The van der Waals surface area contributed by atoms with E-state index in [2.05, 4.69) is 93.5 Å². The highest BCUT2D eigenvalue weighted by atomic mass is 32.2. The van der Waals surface area contributed by atoms with E-state index in [-0.39, 0.29) is 16.3 Å². The molecule has 0 saturated heterocycles. The molecule has 0 spiro atoms. The van der Waals surface area contributed by atoms with Crippen molar-refractivity contribution in [1.82, 2.24) is 0 Å². The summed E-state index contributed by atoms with van der Waals surface area (Å²) in [5.41, 5.74) is 1.38. The molecule has 0 aromatic carbocycles. The molecule has 0 N–H and O–H groups in total. The summed E-state index contributed by atoms with van der Waals surface area (Å²) in [6, 6.07) is 0. The van der Waals surface area contributed by atoms with Crippen LogP contribution in [0.3, 0.4) is 0 Å². The first-order chi connectivity index (χ1) is 11.8. The Balaban J connectivity index is 3.35. The molecule has 0 fully saturated rings. The fourth-order valence-electron chi connectivity index (χ4n) is 4.38. The Kier molecular flexibility index (Phi) is 8.14. The maximum absolute atomic E-state index is 13.1. The van der Waals surface area contributed by atoms with Gasteiger partial charge in [0.2, 0.25) is 8.32 Å². The van der Waals surface area contributed by atoms with Crippen LogP contribution in [0.5, 0.6) is 0 Å². The Bertz CT molecular complexity index is 507. The highest BCUT2D eigenvalue weighted by Gasteiger charge is 2.49. The molecule has 1 unspecified atom stereocenters. The third kappa shape index (κ3) is 5.20. The van der Waals surface area contributed by atoms with E-state index in [1.807, 2.05) is 0 Å². The molecular formula is C22H42O2SSi. The van der Waals surface area contributed by atoms with Gasteiger partial charge in [0, 0.05) is 21.0 Å². The molecule has 26 heavy (non-hydrogen) atoms. The Morgan fingerprint density at radius 1 is 1.00 bits per heavy atom. The van der Waals surface area contributed by atoms with Crippen molar-refractivity contribution in [3.63, 3.8) is 0 Å². The van der Waals surface area contributed by atoms with Crippen molar-refractivity contribution in [3.05, 3.63) is 24.3 Å². The summed E-state index contributed by atoms with van der Waals surface area (Å²) in [6.45, 7) is 22.3. The van der Waals surface area contributed by atoms with E-state index in [1.54, 1.807) is 0 Å². The molecule has 4 heteroatoms. The number of rotatable bonds is 8. The third-order valence-corrected chi connectivity index (χ3v) is 14.0. The van der Waals surface area contributed by atoms with Crippen molar-refractivity contribution in [1.29, 1.82) is 0 Å². The highest BCUT2D eigenvalue weighted by Crippen LogP contribution is 2.46. The van der Waals surface area contributed by atoms with Crippen LogP contribution in [-0.2, 0) is 15.2 Å². The zero-order valence-corrected chi connectivity index (χ0v) is 20.6. The van der Waals surface area contributed by atoms with E-state index < -0.39 is 19.1 Å². The molecule has 0 radical (unpaired) electrons. The lowest BCUT2D eigenvalue weighted by atomic mass is 9.81. The molecule has 0 saturated carbocycles. The van der Waals surface area contributed by atoms with Crippen LogP contribution >= 0.6 is 0 Å². The third-order valence-electron chi connectivity index (χ3n) is 5.96. The van der Waals surface area contributed by atoms with Gasteiger partial charge in [0.05, 0.1) is 11.9 Å². The normalized spacial score (nSPS) is 20.2. The quantitative estimate of drug-likeness (QED) is 0.339. The monoisotopic (exact) mass is 398 g/mol. The van der Waals surface area contributed by atoms with Crippen molar-refractivity contribution in [3.8, 4) is 0 Å². The van der Waals surface area contributed by atoms with Crippen molar-refractivity contribution < 1.29 is 8.63 Å². The van der Waals surface area contributed by atoms with E-state index in [4.69, 9.17) is 4.43 Å². The molecule has 152 valence electrons. The van der Waals surface area contributed by atoms with Crippen LogP contribution in [0.2, 0.25) is 16.6 Å². The fourth-order valence-corrected chi connectivity index (χ4v) is 11.3. The van der Waals surface area contributed by atoms with Gasteiger partial charge in [-0.15, -0.1) is 0 Å². The molecule has 0 heterocycles. The first kappa shape index (κ1) is 23.8. The lowest BCUT2D eigenvalue weighted by Gasteiger charge is -2.48. The average Bonchev–Trinajstić information content (AvgIpc) is 2.49. The lowest BCUT2D eigenvalue weighted by Crippen LogP contribution is -2.54. The van der Waals surface area contributed by atoms with Crippen LogP contribution in [0.4, 0.5) is 0 Å². The van der Waals surface area contributed by atoms with Gasteiger partial charge in [0.15, 0.2) is 0 Å². The van der Waals surface area contributed by atoms with E-state index >= 15 is 0 Å². The molecular weight excluding hydrogens is 356 g/mol. The first-order valence-electron chi connectivity index (χ1n) is 10.2. The second-order valence-electron chi connectivity index (χ2n) is 9.96. The molecule has 1 rings (SSSR count). The summed E-state index contributed by atoms with van der Waals surface area (Å²) in [4.78, 5) is 0. The maximum Gasteiger partial charge on any atom is 0.200 e. The van der Waals surface area contributed by atoms with E-state index in [9.17, 15) is 4.21 Å². The molecule has 2 atom stereocenters. The van der Waals surface area contributed by atoms with E-state index in [0.717, 1.165) is 6.42 Å². The summed E-state index contributed by atoms with van der Waals surface area (Å²) in [6.07, 6.45) is 9.93. The van der Waals surface area contributed by atoms with Gasteiger partial charge in [-0.25, -0.2) is 0 Å².